The fourth-order valence-corrected chi connectivity index (χ4v) is 8.73. The van der Waals surface area contributed by atoms with Crippen LogP contribution in [0.4, 0.5) is 0 Å². The minimum Gasteiger partial charge on any atom is -0.462 e. The van der Waals surface area contributed by atoms with E-state index >= 15 is 0 Å². The van der Waals surface area contributed by atoms with Gasteiger partial charge in [0, 0.05) is 19.3 Å². The van der Waals surface area contributed by atoms with Crippen molar-refractivity contribution in [2.75, 3.05) is 33.9 Å². The van der Waals surface area contributed by atoms with Gasteiger partial charge in [0.15, 0.2) is 18.2 Å². The predicted molar refractivity (Wildman–Crippen MR) is 235 cm³/mol. The summed E-state index contributed by atoms with van der Waals surface area (Å²) in [5, 5.41) is 18.6. The summed E-state index contributed by atoms with van der Waals surface area (Å²) in [6.45, 7) is 5.69. The van der Waals surface area contributed by atoms with Crippen molar-refractivity contribution in [1.82, 2.24) is 0 Å². The van der Waals surface area contributed by atoms with Crippen molar-refractivity contribution in [3.8, 4) is 0 Å². The van der Waals surface area contributed by atoms with E-state index in [4.69, 9.17) is 14.0 Å². The summed E-state index contributed by atoms with van der Waals surface area (Å²) in [5.41, 5.74) is 0. The van der Waals surface area contributed by atoms with E-state index in [0.29, 0.717) is 6.42 Å². The van der Waals surface area contributed by atoms with Crippen molar-refractivity contribution in [2.45, 2.75) is 251 Å². The Morgan fingerprint density at radius 3 is 1.23 bits per heavy atom. The molecule has 0 saturated carbocycles. The smallest absolute Gasteiger partial charge is 0.384 e. The Bertz CT molecular complexity index is 980. The van der Waals surface area contributed by atoms with Gasteiger partial charge in [0.1, 0.15) is 6.61 Å². The van der Waals surface area contributed by atoms with Crippen LogP contribution in [0.5, 0.6) is 0 Å². The number of nitrogens with zero attached hydrogens (tertiary/aromatic N) is 1. The standard InChI is InChI=1S/C46H92NO9P/c1-6-8-10-12-14-16-18-20-22-24-26-28-30-32-34-36-45(50)54-40-43(41-55-57(52,53)42(3)47(4,5)39-38-44(48)49)56-46(51)37-35-33-31-29-27-25-23-21-19-17-15-13-11-9-7-2/h42-44,48-49H,6-41H2,1-5H3/p+1/t42?,43-/m1/s1. The molecule has 11 heteroatoms. The number of hydrogen-bond donors (Lipinski definition) is 3. The highest BCUT2D eigenvalue weighted by Gasteiger charge is 2.42. The first-order chi connectivity index (χ1) is 27.4. The fraction of sp³-hybridized carbons (Fsp3) is 0.957. The molecule has 10 nitrogen and oxygen atoms in total. The van der Waals surface area contributed by atoms with Crippen molar-refractivity contribution in [3.63, 3.8) is 0 Å². The van der Waals surface area contributed by atoms with Gasteiger partial charge in [-0.1, -0.05) is 194 Å². The number of hydrogen-bond acceptors (Lipinski definition) is 8. The Labute approximate surface area is 351 Å². The third kappa shape index (κ3) is 35.4. The van der Waals surface area contributed by atoms with Gasteiger partial charge in [0.05, 0.1) is 27.2 Å². The summed E-state index contributed by atoms with van der Waals surface area (Å²) in [7, 11) is -0.800. The van der Waals surface area contributed by atoms with Crippen LogP contribution in [0.15, 0.2) is 0 Å². The second-order valence-electron chi connectivity index (χ2n) is 17.5. The topological polar surface area (TPSA) is 140 Å². The van der Waals surface area contributed by atoms with E-state index in [0.717, 1.165) is 38.5 Å². The average molecular weight is 835 g/mol. The quantitative estimate of drug-likeness (QED) is 0.0180. The van der Waals surface area contributed by atoms with E-state index < -0.39 is 38.3 Å². The molecule has 3 atom stereocenters. The normalized spacial score (nSPS) is 14.1. The van der Waals surface area contributed by atoms with Crippen LogP contribution in [0.2, 0.25) is 0 Å². The van der Waals surface area contributed by atoms with Crippen LogP contribution in [0.3, 0.4) is 0 Å². The molecule has 0 bridgehead atoms. The Morgan fingerprint density at radius 1 is 0.544 bits per heavy atom. The molecule has 0 aliphatic rings. The highest BCUT2D eigenvalue weighted by atomic mass is 31.2. The van der Waals surface area contributed by atoms with Gasteiger partial charge in [-0.05, 0) is 19.8 Å². The minimum atomic E-state index is -4.23. The van der Waals surface area contributed by atoms with Gasteiger partial charge in [-0.25, -0.2) is 0 Å². The molecule has 0 radical (unpaired) electrons. The number of ether oxygens (including phenoxy) is 2. The number of unbranched alkanes of at least 4 members (excludes halogenated alkanes) is 28. The van der Waals surface area contributed by atoms with Crippen LogP contribution in [0.1, 0.15) is 233 Å². The van der Waals surface area contributed by atoms with Crippen molar-refractivity contribution in [2.24, 2.45) is 0 Å². The minimum absolute atomic E-state index is 0.0171. The van der Waals surface area contributed by atoms with E-state index in [1.807, 2.05) is 0 Å². The van der Waals surface area contributed by atoms with E-state index in [2.05, 4.69) is 13.8 Å². The lowest BCUT2D eigenvalue weighted by Crippen LogP contribution is -2.49. The molecule has 0 aromatic carbocycles. The number of quaternary nitrogens is 1. The van der Waals surface area contributed by atoms with E-state index in [1.54, 1.807) is 21.0 Å². The van der Waals surface area contributed by atoms with E-state index in [-0.39, 0.29) is 42.9 Å². The molecule has 0 spiro atoms. The maximum Gasteiger partial charge on any atom is 0.384 e. The lowest BCUT2D eigenvalue weighted by molar-refractivity contribution is -0.901. The third-order valence-corrected chi connectivity index (χ3v) is 13.7. The summed E-state index contributed by atoms with van der Waals surface area (Å²) in [5.74, 6) is -1.71. The number of aliphatic hydroxyl groups is 2. The number of carbonyl (C=O) groups is 2. The molecule has 57 heavy (non-hydrogen) atoms. The molecule has 0 saturated heterocycles. The molecule has 0 aromatic heterocycles. The monoisotopic (exact) mass is 835 g/mol. The third-order valence-electron chi connectivity index (χ3n) is 11.6. The first kappa shape index (κ1) is 56.0. The Hall–Kier alpha value is -1.03. The largest absolute Gasteiger partial charge is 0.462 e. The number of carbonyl (C=O) groups excluding carboxylic acids is 2. The van der Waals surface area contributed by atoms with Crippen LogP contribution < -0.4 is 0 Å². The lowest BCUT2D eigenvalue weighted by atomic mass is 10.0. The van der Waals surface area contributed by atoms with Gasteiger partial charge in [-0.15, -0.1) is 0 Å². The number of rotatable bonds is 43. The average Bonchev–Trinajstić information content (AvgIpc) is 3.17. The molecule has 3 N–H and O–H groups in total. The first-order valence-corrected chi connectivity index (χ1v) is 25.5. The van der Waals surface area contributed by atoms with Crippen LogP contribution in [-0.4, -0.2) is 83.6 Å². The Morgan fingerprint density at radius 2 is 0.877 bits per heavy atom. The van der Waals surface area contributed by atoms with Crippen molar-refractivity contribution < 1.29 is 47.7 Å². The highest BCUT2D eigenvalue weighted by Crippen LogP contribution is 2.50. The van der Waals surface area contributed by atoms with Gasteiger partial charge >= 0.3 is 19.5 Å². The van der Waals surface area contributed by atoms with Crippen LogP contribution in [0.25, 0.3) is 0 Å². The molecule has 0 aromatic rings. The zero-order valence-electron chi connectivity index (χ0n) is 37.9. The molecule has 0 amide bonds. The van der Waals surface area contributed by atoms with Crippen LogP contribution >= 0.6 is 7.60 Å². The van der Waals surface area contributed by atoms with Crippen LogP contribution in [-0.2, 0) is 28.2 Å². The Balaban J connectivity index is 4.56. The first-order valence-electron chi connectivity index (χ1n) is 23.9. The van der Waals surface area contributed by atoms with Gasteiger partial charge < -0.3 is 33.6 Å². The lowest BCUT2D eigenvalue weighted by Gasteiger charge is -2.37. The zero-order valence-corrected chi connectivity index (χ0v) is 38.8. The van der Waals surface area contributed by atoms with Crippen LogP contribution in [0, 0.1) is 0 Å². The Kier molecular flexibility index (Phi) is 37.2. The van der Waals surface area contributed by atoms with Gasteiger partial charge in [0.2, 0.25) is 0 Å². The van der Waals surface area contributed by atoms with Gasteiger partial charge in [-0.2, -0.15) is 0 Å². The second kappa shape index (κ2) is 37.9. The summed E-state index contributed by atoms with van der Waals surface area (Å²) < 4.78 is 29.9. The van der Waals surface area contributed by atoms with Gasteiger partial charge in [0.25, 0.3) is 0 Å². The predicted octanol–water partition coefficient (Wildman–Crippen LogP) is 12.3. The van der Waals surface area contributed by atoms with Crippen molar-refractivity contribution in [3.05, 3.63) is 0 Å². The molecule has 0 aliphatic carbocycles. The molecule has 0 heterocycles. The summed E-state index contributed by atoms with van der Waals surface area (Å²) in [6, 6.07) is 0. The second-order valence-corrected chi connectivity index (χ2v) is 19.6. The molecular formula is C46H93NO9P+. The summed E-state index contributed by atoms with van der Waals surface area (Å²) in [6.07, 6.45) is 35.1. The highest BCUT2D eigenvalue weighted by molar-refractivity contribution is 7.53. The molecular weight excluding hydrogens is 741 g/mol. The maximum absolute atomic E-state index is 13.3. The molecule has 0 rings (SSSR count). The molecule has 0 fully saturated rings. The van der Waals surface area contributed by atoms with E-state index in [1.165, 1.54) is 148 Å². The molecule has 340 valence electrons. The van der Waals surface area contributed by atoms with E-state index in [9.17, 15) is 29.3 Å². The maximum atomic E-state index is 13.3. The zero-order chi connectivity index (χ0) is 42.5. The fourth-order valence-electron chi connectivity index (χ4n) is 7.23. The summed E-state index contributed by atoms with van der Waals surface area (Å²) in [4.78, 5) is 36.3. The summed E-state index contributed by atoms with van der Waals surface area (Å²) >= 11 is 0. The van der Waals surface area contributed by atoms with Crippen molar-refractivity contribution in [1.29, 1.82) is 0 Å². The van der Waals surface area contributed by atoms with Gasteiger partial charge in [-0.3, -0.25) is 14.2 Å². The number of aliphatic hydroxyl groups excluding tert-OH is 1. The molecule has 2 unspecified atom stereocenters. The SMILES string of the molecule is CCCCCCCCCCCCCCCCCC(=O)OC[C@H](COP(=O)(O)C(C)[N+](C)(C)CCC(O)O)OC(=O)CCCCCCCCCCCCCCCCC. The number of esters is 2. The van der Waals surface area contributed by atoms with Crippen molar-refractivity contribution >= 4 is 19.5 Å². The molecule has 0 aliphatic heterocycles.